The minimum Gasteiger partial charge on any atom is -0.496 e. The van der Waals surface area contributed by atoms with Crippen LogP contribution in [0.25, 0.3) is 0 Å². The Balaban J connectivity index is 1.38. The monoisotopic (exact) mass is 501 g/mol. The summed E-state index contributed by atoms with van der Waals surface area (Å²) in [4.78, 5) is 25.1. The highest BCUT2D eigenvalue weighted by atomic mass is 32.2. The second-order valence-electron chi connectivity index (χ2n) is 11.3. The van der Waals surface area contributed by atoms with Gasteiger partial charge in [-0.15, -0.1) is 0 Å². The van der Waals surface area contributed by atoms with Crippen LogP contribution in [0.4, 0.5) is 0 Å². The fourth-order valence-corrected chi connectivity index (χ4v) is 8.49. The van der Waals surface area contributed by atoms with E-state index < -0.39 is 16.0 Å². The fourth-order valence-electron chi connectivity index (χ4n) is 7.95. The largest absolute Gasteiger partial charge is 0.496 e. The van der Waals surface area contributed by atoms with Crippen molar-refractivity contribution in [2.45, 2.75) is 69.8 Å². The number of benzene rings is 1. The Morgan fingerprint density at radius 2 is 1.94 bits per heavy atom. The Labute approximate surface area is 207 Å². The van der Waals surface area contributed by atoms with Gasteiger partial charge in [0.25, 0.3) is 0 Å². The molecule has 0 spiro atoms. The van der Waals surface area contributed by atoms with E-state index >= 15 is 0 Å². The SMILES string of the molecule is COc1ccc(S(N)(=O)=O)cc1C(=O)O[C@H]1CCC2C3C(CC[C@@]21C)C1CCC(=O)C=C1C[C@H]3C. The van der Waals surface area contributed by atoms with E-state index in [9.17, 15) is 18.0 Å². The summed E-state index contributed by atoms with van der Waals surface area (Å²) in [5, 5.41) is 5.28. The summed E-state index contributed by atoms with van der Waals surface area (Å²) in [6, 6.07) is 4.00. The van der Waals surface area contributed by atoms with Crippen LogP contribution in [0.3, 0.4) is 0 Å². The molecule has 0 aliphatic heterocycles. The number of primary sulfonamides is 1. The van der Waals surface area contributed by atoms with E-state index in [1.165, 1.54) is 30.9 Å². The van der Waals surface area contributed by atoms with Gasteiger partial charge in [-0.25, -0.2) is 18.4 Å². The van der Waals surface area contributed by atoms with Gasteiger partial charge >= 0.3 is 5.97 Å². The first-order valence-corrected chi connectivity index (χ1v) is 14.2. The maximum absolute atomic E-state index is 13.3. The van der Waals surface area contributed by atoms with Gasteiger partial charge in [0.2, 0.25) is 10.0 Å². The van der Waals surface area contributed by atoms with Crippen molar-refractivity contribution >= 4 is 21.8 Å². The van der Waals surface area contributed by atoms with E-state index in [4.69, 9.17) is 14.6 Å². The number of hydrogen-bond acceptors (Lipinski definition) is 6. The third-order valence-corrected chi connectivity index (χ3v) is 10.4. The molecule has 1 aromatic rings. The van der Waals surface area contributed by atoms with Gasteiger partial charge in [0.05, 0.1) is 12.0 Å². The van der Waals surface area contributed by atoms with Crippen LogP contribution in [0, 0.1) is 35.0 Å². The Hall–Kier alpha value is -2.19. The number of hydrogen-bond donors (Lipinski definition) is 1. The van der Waals surface area contributed by atoms with Gasteiger partial charge in [0, 0.05) is 11.8 Å². The average molecular weight is 502 g/mol. The fraction of sp³-hybridized carbons (Fsp3) is 0.630. The van der Waals surface area contributed by atoms with Crippen molar-refractivity contribution in [1.29, 1.82) is 0 Å². The number of methoxy groups -OCH3 is 1. The van der Waals surface area contributed by atoms with Crippen LogP contribution >= 0.6 is 0 Å². The molecule has 0 saturated heterocycles. The van der Waals surface area contributed by atoms with E-state index in [2.05, 4.69) is 13.8 Å². The lowest BCUT2D eigenvalue weighted by molar-refractivity contribution is -0.116. The minimum absolute atomic E-state index is 0.0763. The molecule has 4 aliphatic carbocycles. The second kappa shape index (κ2) is 8.73. The van der Waals surface area contributed by atoms with E-state index in [0.717, 1.165) is 38.5 Å². The average Bonchev–Trinajstić information content (AvgIpc) is 3.13. The summed E-state index contributed by atoms with van der Waals surface area (Å²) in [5.74, 6) is 2.60. The molecule has 0 heterocycles. The quantitative estimate of drug-likeness (QED) is 0.617. The predicted octanol–water partition coefficient (Wildman–Crippen LogP) is 4.26. The highest BCUT2D eigenvalue weighted by molar-refractivity contribution is 7.89. The van der Waals surface area contributed by atoms with Gasteiger partial charge < -0.3 is 9.47 Å². The lowest BCUT2D eigenvalue weighted by atomic mass is 9.49. The van der Waals surface area contributed by atoms with Crippen molar-refractivity contribution in [2.24, 2.45) is 40.1 Å². The maximum Gasteiger partial charge on any atom is 0.342 e. The zero-order chi connectivity index (χ0) is 25.1. The zero-order valence-electron chi connectivity index (χ0n) is 20.7. The molecular weight excluding hydrogens is 466 g/mol. The summed E-state index contributed by atoms with van der Waals surface area (Å²) in [6.45, 7) is 4.59. The smallest absolute Gasteiger partial charge is 0.342 e. The molecule has 2 N–H and O–H groups in total. The number of carbonyl (C=O) groups excluding carboxylic acids is 2. The number of allylic oxidation sites excluding steroid dienone is 1. The number of nitrogens with two attached hydrogens (primary N) is 1. The summed E-state index contributed by atoms with van der Waals surface area (Å²) in [5.41, 5.74) is 1.32. The predicted molar refractivity (Wildman–Crippen MR) is 130 cm³/mol. The van der Waals surface area contributed by atoms with Crippen LogP contribution in [0.15, 0.2) is 34.7 Å². The molecule has 0 radical (unpaired) electrons. The third-order valence-electron chi connectivity index (χ3n) is 9.52. The number of esters is 1. The molecule has 3 fully saturated rings. The molecule has 0 bridgehead atoms. The van der Waals surface area contributed by atoms with E-state index in [0.29, 0.717) is 36.0 Å². The van der Waals surface area contributed by atoms with E-state index in [-0.39, 0.29) is 33.5 Å². The number of ketones is 1. The van der Waals surface area contributed by atoms with Gasteiger partial charge in [0.1, 0.15) is 17.4 Å². The molecule has 0 aromatic heterocycles. The Morgan fingerprint density at radius 1 is 1.17 bits per heavy atom. The molecule has 0 amide bonds. The summed E-state index contributed by atoms with van der Waals surface area (Å²) < 4.78 is 35.1. The van der Waals surface area contributed by atoms with Crippen LogP contribution in [-0.2, 0) is 19.6 Å². The number of fused-ring (bicyclic) bond motifs is 5. The van der Waals surface area contributed by atoms with E-state index in [1.54, 1.807) is 0 Å². The zero-order valence-corrected chi connectivity index (χ0v) is 21.5. The summed E-state index contributed by atoms with van der Waals surface area (Å²) in [6.07, 6.45) is 8.19. The van der Waals surface area contributed by atoms with Gasteiger partial charge in [-0.2, -0.15) is 0 Å². The molecule has 7 atom stereocenters. The van der Waals surface area contributed by atoms with Crippen molar-refractivity contribution in [3.8, 4) is 5.75 Å². The molecule has 4 unspecified atom stereocenters. The molecule has 7 nitrogen and oxygen atoms in total. The van der Waals surface area contributed by atoms with Crippen molar-refractivity contribution in [2.75, 3.05) is 7.11 Å². The molecular formula is C27H35NO6S. The van der Waals surface area contributed by atoms with Crippen LogP contribution < -0.4 is 9.88 Å². The maximum atomic E-state index is 13.3. The Kier molecular flexibility index (Phi) is 6.11. The molecule has 190 valence electrons. The lowest BCUT2D eigenvalue weighted by Gasteiger charge is -2.55. The van der Waals surface area contributed by atoms with Crippen molar-refractivity contribution in [3.63, 3.8) is 0 Å². The van der Waals surface area contributed by atoms with E-state index in [1.807, 2.05) is 6.08 Å². The number of sulfonamides is 1. The molecule has 8 heteroatoms. The first kappa shape index (κ1) is 24.5. The normalized spacial score (nSPS) is 36.5. The molecule has 3 saturated carbocycles. The summed E-state index contributed by atoms with van der Waals surface area (Å²) >= 11 is 0. The van der Waals surface area contributed by atoms with Gasteiger partial charge in [-0.1, -0.05) is 19.4 Å². The first-order chi connectivity index (χ1) is 16.5. The second-order valence-corrected chi connectivity index (χ2v) is 12.8. The topological polar surface area (TPSA) is 113 Å². The first-order valence-electron chi connectivity index (χ1n) is 12.7. The number of ether oxygens (including phenoxy) is 2. The van der Waals surface area contributed by atoms with Gasteiger partial charge in [0.15, 0.2) is 5.78 Å². The van der Waals surface area contributed by atoms with Crippen LogP contribution in [0.1, 0.15) is 69.2 Å². The standard InChI is InChI=1S/C27H35NO6S/c1-15-12-16-13-17(29)4-6-19(16)20-10-11-27(2)22(25(15)20)7-9-24(27)34-26(30)21-14-18(35(28,31)32)5-8-23(21)33-3/h5,8,13-15,19-20,22,24-25H,4,6-7,9-12H2,1-3H3,(H2,28,31,32)/t15-,19?,20?,22?,24+,25?,27+/m1/s1. The number of rotatable bonds is 4. The molecule has 35 heavy (non-hydrogen) atoms. The van der Waals surface area contributed by atoms with Crippen LogP contribution in [0.2, 0.25) is 0 Å². The lowest BCUT2D eigenvalue weighted by Crippen LogP contribution is -2.50. The van der Waals surface area contributed by atoms with Crippen LogP contribution in [-0.4, -0.2) is 33.4 Å². The van der Waals surface area contributed by atoms with Gasteiger partial charge in [-0.3, -0.25) is 4.79 Å². The highest BCUT2D eigenvalue weighted by Gasteiger charge is 2.59. The minimum atomic E-state index is -3.96. The van der Waals surface area contributed by atoms with Gasteiger partial charge in [-0.05, 0) is 92.4 Å². The Morgan fingerprint density at radius 3 is 2.66 bits per heavy atom. The molecule has 5 rings (SSSR count). The van der Waals surface area contributed by atoms with Crippen LogP contribution in [0.5, 0.6) is 5.75 Å². The molecule has 1 aromatic carbocycles. The highest BCUT2D eigenvalue weighted by Crippen LogP contribution is 2.63. The molecule has 4 aliphatic rings. The van der Waals surface area contributed by atoms with Crippen molar-refractivity contribution in [1.82, 2.24) is 0 Å². The third kappa shape index (κ3) is 4.12. The van der Waals surface area contributed by atoms with Crippen molar-refractivity contribution < 1.29 is 27.5 Å². The number of carbonyl (C=O) groups is 2. The summed E-state index contributed by atoms with van der Waals surface area (Å²) in [7, 11) is -2.53. The van der Waals surface area contributed by atoms with Crippen molar-refractivity contribution in [3.05, 3.63) is 35.4 Å². The Bertz CT molecular complexity index is 1190.